The number of nitrogens with one attached hydrogen (secondary N) is 1. The number of aliphatic hydroxyl groups excluding tert-OH is 1. The molecule has 1 saturated heterocycles. The van der Waals surface area contributed by atoms with Crippen molar-refractivity contribution in [3.63, 3.8) is 0 Å². The van der Waals surface area contributed by atoms with Gasteiger partial charge in [-0.05, 0) is 62.2 Å². The maximum atomic E-state index is 14.3. The lowest BCUT2D eigenvalue weighted by Gasteiger charge is -2.49. The van der Waals surface area contributed by atoms with E-state index in [0.717, 1.165) is 5.56 Å². The molecule has 2 aliphatic rings. The third-order valence-electron chi connectivity index (χ3n) is 8.94. The molecule has 3 aromatic carbocycles. The number of aryl methyl sites for hydroxylation is 1. The summed E-state index contributed by atoms with van der Waals surface area (Å²) < 4.78 is 22.0. The van der Waals surface area contributed by atoms with Crippen molar-refractivity contribution in [2.75, 3.05) is 38.9 Å². The number of rotatable bonds is 14. The lowest BCUT2D eigenvalue weighted by atomic mass is 9.89. The Balaban J connectivity index is 1.57. The maximum absolute atomic E-state index is 14.3. The first-order valence-electron chi connectivity index (χ1n) is 16.5. The summed E-state index contributed by atoms with van der Waals surface area (Å²) in [5, 5.41) is 12.4. The largest absolute Gasteiger partial charge is 0.493 e. The molecule has 0 saturated carbocycles. The van der Waals surface area contributed by atoms with Crippen molar-refractivity contribution in [3.8, 4) is 17.2 Å². The molecule has 3 aromatic rings. The summed E-state index contributed by atoms with van der Waals surface area (Å²) >= 11 is 0. The van der Waals surface area contributed by atoms with Gasteiger partial charge in [0.15, 0.2) is 11.5 Å². The van der Waals surface area contributed by atoms with Crippen molar-refractivity contribution < 1.29 is 43.2 Å². The topological polar surface area (TPSA) is 144 Å². The fraction of sp³-hybridized carbons (Fsp3) is 0.405. The first-order chi connectivity index (χ1) is 23.7. The molecule has 0 radical (unpaired) electrons. The van der Waals surface area contributed by atoms with Crippen molar-refractivity contribution in [2.45, 2.75) is 63.7 Å². The Hall–Kier alpha value is -5.10. The zero-order valence-electron chi connectivity index (χ0n) is 28.2. The predicted molar refractivity (Wildman–Crippen MR) is 181 cm³/mol. The Morgan fingerprint density at radius 1 is 0.959 bits per heavy atom. The lowest BCUT2D eigenvalue weighted by molar-refractivity contribution is -0.152. The Kier molecular flexibility index (Phi) is 11.4. The summed E-state index contributed by atoms with van der Waals surface area (Å²) in [5.41, 5.74) is 2.38. The van der Waals surface area contributed by atoms with Crippen LogP contribution in [0.3, 0.4) is 0 Å². The molecule has 0 bridgehead atoms. The number of nitrogens with zero attached hydrogens (tertiary/aromatic N) is 2. The number of carbonyl (C=O) groups excluding carboxylic acids is 4. The van der Waals surface area contributed by atoms with Gasteiger partial charge in [0.2, 0.25) is 11.8 Å². The van der Waals surface area contributed by atoms with Crippen LogP contribution in [-0.4, -0.2) is 85.9 Å². The van der Waals surface area contributed by atoms with Gasteiger partial charge in [-0.2, -0.15) is 0 Å². The second-order valence-electron chi connectivity index (χ2n) is 11.9. The zero-order chi connectivity index (χ0) is 35.1. The minimum Gasteiger partial charge on any atom is -0.493 e. The van der Waals surface area contributed by atoms with E-state index < -0.39 is 36.0 Å². The van der Waals surface area contributed by atoms with Crippen molar-refractivity contribution in [2.24, 2.45) is 0 Å². The highest BCUT2D eigenvalue weighted by molar-refractivity contribution is 6.04. The van der Waals surface area contributed by atoms with E-state index in [1.54, 1.807) is 55.1 Å². The van der Waals surface area contributed by atoms with E-state index in [9.17, 15) is 24.3 Å². The van der Waals surface area contributed by atoms with Crippen molar-refractivity contribution in [1.29, 1.82) is 0 Å². The smallest absolute Gasteiger partial charge is 0.307 e. The average Bonchev–Trinajstić information content (AvgIpc) is 3.43. The number of carbonyl (C=O) groups is 4. The molecule has 260 valence electrons. The molecule has 1 fully saturated rings. The van der Waals surface area contributed by atoms with Gasteiger partial charge in [-0.3, -0.25) is 19.2 Å². The highest BCUT2D eigenvalue weighted by atomic mass is 16.5. The van der Waals surface area contributed by atoms with Gasteiger partial charge in [-0.25, -0.2) is 0 Å². The van der Waals surface area contributed by atoms with E-state index in [1.807, 2.05) is 30.3 Å². The molecule has 3 amide bonds. The summed E-state index contributed by atoms with van der Waals surface area (Å²) in [6.07, 6.45) is 0.793. The molecule has 2 N–H and O–H groups in total. The number of esters is 1. The highest BCUT2D eigenvalue weighted by Crippen LogP contribution is 2.47. The van der Waals surface area contributed by atoms with Gasteiger partial charge in [-0.1, -0.05) is 30.3 Å². The van der Waals surface area contributed by atoms with Crippen LogP contribution in [0.4, 0.5) is 5.69 Å². The van der Waals surface area contributed by atoms with Crippen LogP contribution < -0.4 is 24.4 Å². The van der Waals surface area contributed by atoms with E-state index in [4.69, 9.17) is 18.9 Å². The molecule has 12 heteroatoms. The first kappa shape index (κ1) is 35.2. The van der Waals surface area contributed by atoms with E-state index in [2.05, 4.69) is 5.32 Å². The van der Waals surface area contributed by atoms with Crippen molar-refractivity contribution in [3.05, 3.63) is 83.4 Å². The standard InChI is InChI=1S/C37H43N3O9/c1-5-48-33(43)22-29-35-34(38-36(44)25-13-16-30(46-3)31(20-25)47-4)27-21-26(49-19-9-18-41)14-15-28(27)40(35)37(45)23(2)39(29)32(42)17-12-24-10-7-6-8-11-24/h6-8,10-11,13-16,20-21,23,29,34-35,41H,5,9,12,17-19,22H2,1-4H3,(H,38,44)/t23-,29?,34-,35+/m0/s1. The predicted octanol–water partition coefficient (Wildman–Crippen LogP) is 3.84. The molecular weight excluding hydrogens is 630 g/mol. The number of aliphatic hydroxyl groups is 1. The molecule has 0 aliphatic carbocycles. The molecular formula is C37H43N3O9. The Morgan fingerprint density at radius 3 is 2.41 bits per heavy atom. The quantitative estimate of drug-likeness (QED) is 0.193. The van der Waals surface area contributed by atoms with Crippen molar-refractivity contribution in [1.82, 2.24) is 10.2 Å². The molecule has 12 nitrogen and oxygen atoms in total. The van der Waals surface area contributed by atoms with Gasteiger partial charge in [0.1, 0.15) is 11.8 Å². The van der Waals surface area contributed by atoms with Gasteiger partial charge in [0.25, 0.3) is 5.91 Å². The number of ether oxygens (including phenoxy) is 4. The van der Waals surface area contributed by atoms with E-state index in [1.165, 1.54) is 19.1 Å². The molecule has 0 aromatic heterocycles. The number of piperazine rings is 1. The van der Waals surface area contributed by atoms with Gasteiger partial charge in [0, 0.05) is 36.3 Å². The van der Waals surface area contributed by atoms with Crippen LogP contribution in [0.5, 0.6) is 17.2 Å². The number of fused-ring (bicyclic) bond motifs is 3. The zero-order valence-corrected chi connectivity index (χ0v) is 28.2. The number of hydrogen-bond donors (Lipinski definition) is 2. The second kappa shape index (κ2) is 15.9. The van der Waals surface area contributed by atoms with Crippen LogP contribution in [0.1, 0.15) is 60.6 Å². The molecule has 2 aliphatic heterocycles. The monoisotopic (exact) mass is 673 g/mol. The van der Waals surface area contributed by atoms with Gasteiger partial charge >= 0.3 is 5.97 Å². The normalized spacial score (nSPS) is 19.5. The number of benzene rings is 3. The molecule has 2 heterocycles. The number of anilines is 1. The van der Waals surface area contributed by atoms with Gasteiger partial charge < -0.3 is 39.2 Å². The third kappa shape index (κ3) is 7.49. The van der Waals surface area contributed by atoms with Crippen molar-refractivity contribution >= 4 is 29.4 Å². The summed E-state index contributed by atoms with van der Waals surface area (Å²) in [4.78, 5) is 58.6. The number of methoxy groups -OCH3 is 2. The van der Waals surface area contributed by atoms with E-state index in [-0.39, 0.29) is 50.0 Å². The van der Waals surface area contributed by atoms with Crippen LogP contribution in [0, 0.1) is 0 Å². The number of hydrogen-bond acceptors (Lipinski definition) is 9. The van der Waals surface area contributed by atoms with Crippen LogP contribution in [0.15, 0.2) is 66.7 Å². The number of amides is 3. The average molecular weight is 674 g/mol. The second-order valence-corrected chi connectivity index (χ2v) is 11.9. The molecule has 5 rings (SSSR count). The third-order valence-corrected chi connectivity index (χ3v) is 8.94. The maximum Gasteiger partial charge on any atom is 0.307 e. The summed E-state index contributed by atoms with van der Waals surface area (Å²) in [7, 11) is 2.97. The summed E-state index contributed by atoms with van der Waals surface area (Å²) in [6, 6.07) is 16.1. The Bertz CT molecular complexity index is 1660. The molecule has 4 atom stereocenters. The lowest BCUT2D eigenvalue weighted by Crippen LogP contribution is -2.68. The van der Waals surface area contributed by atoms with Gasteiger partial charge in [-0.15, -0.1) is 0 Å². The molecule has 1 unspecified atom stereocenters. The first-order valence-corrected chi connectivity index (χ1v) is 16.5. The van der Waals surface area contributed by atoms with E-state index in [0.29, 0.717) is 41.3 Å². The van der Waals surface area contributed by atoms with Crippen LogP contribution >= 0.6 is 0 Å². The summed E-state index contributed by atoms with van der Waals surface area (Å²) in [5.74, 6) is -0.316. The minimum atomic E-state index is -0.896. The fourth-order valence-corrected chi connectivity index (χ4v) is 6.67. The fourth-order valence-electron chi connectivity index (χ4n) is 6.67. The van der Waals surface area contributed by atoms with Gasteiger partial charge in [0.05, 0.1) is 52.0 Å². The van der Waals surface area contributed by atoms with E-state index >= 15 is 0 Å². The minimum absolute atomic E-state index is 0.0408. The van der Waals surface area contributed by atoms with Crippen LogP contribution in [0.2, 0.25) is 0 Å². The molecule has 49 heavy (non-hydrogen) atoms. The SMILES string of the molecule is CCOC(=O)CC1[C@@H]2[C@@H](NC(=O)c3ccc(OC)c(OC)c3)c3cc(OCCCO)ccc3N2C(=O)[C@H](C)N1C(=O)CCc1ccccc1. The summed E-state index contributed by atoms with van der Waals surface area (Å²) in [6.45, 7) is 3.73. The Labute approximate surface area is 285 Å². The van der Waals surface area contributed by atoms with Crippen LogP contribution in [-0.2, 0) is 25.5 Å². The Morgan fingerprint density at radius 2 is 1.71 bits per heavy atom. The molecule has 0 spiro atoms. The van der Waals surface area contributed by atoms with Crippen LogP contribution in [0.25, 0.3) is 0 Å². The highest BCUT2D eigenvalue weighted by Gasteiger charge is 2.55.